The number of rotatable bonds is 3. The summed E-state index contributed by atoms with van der Waals surface area (Å²) in [6.07, 6.45) is 10.2. The van der Waals surface area contributed by atoms with Crippen molar-refractivity contribution in [3.8, 4) is 24.2 Å². The molecule has 0 heterocycles. The fourth-order valence-corrected chi connectivity index (χ4v) is 0.577. The van der Waals surface area contributed by atoms with Gasteiger partial charge < -0.3 is 0 Å². The second-order valence-corrected chi connectivity index (χ2v) is 2.16. The van der Waals surface area contributed by atoms with Crippen LogP contribution < -0.4 is 0 Å². The van der Waals surface area contributed by atoms with E-state index in [9.17, 15) is 0 Å². The molecule has 0 aromatic carbocycles. The van der Waals surface area contributed by atoms with Crippen LogP contribution in [0.25, 0.3) is 0 Å². The zero-order chi connectivity index (χ0) is 7.66. The standard InChI is InChI=1S/C10H14/c1-3-5-7-9-10-8-6-4-2/h1H,4-8H2,2H3. The molecule has 0 aliphatic heterocycles. The third kappa shape index (κ3) is 7.12. The van der Waals surface area contributed by atoms with Crippen molar-refractivity contribution in [2.24, 2.45) is 0 Å². The van der Waals surface area contributed by atoms with Crippen molar-refractivity contribution in [2.45, 2.75) is 39.0 Å². The largest absolute Gasteiger partial charge is 0.120 e. The molecule has 0 aliphatic carbocycles. The summed E-state index contributed by atoms with van der Waals surface area (Å²) in [5.74, 6) is 8.66. The number of terminal acetylenes is 1. The second kappa shape index (κ2) is 8.12. The van der Waals surface area contributed by atoms with Crippen molar-refractivity contribution in [1.29, 1.82) is 0 Å². The SMILES string of the molecule is C#CCCC#CCCCC. The van der Waals surface area contributed by atoms with E-state index in [1.165, 1.54) is 12.8 Å². The summed E-state index contributed by atoms with van der Waals surface area (Å²) in [5.41, 5.74) is 0. The first kappa shape index (κ1) is 9.12. The van der Waals surface area contributed by atoms with Crippen LogP contribution >= 0.6 is 0 Å². The maximum Gasteiger partial charge on any atom is 0.0198 e. The van der Waals surface area contributed by atoms with Gasteiger partial charge in [-0.3, -0.25) is 0 Å². The van der Waals surface area contributed by atoms with E-state index in [-0.39, 0.29) is 0 Å². The van der Waals surface area contributed by atoms with E-state index < -0.39 is 0 Å². The summed E-state index contributed by atoms with van der Waals surface area (Å²) in [6.45, 7) is 2.17. The average Bonchev–Trinajstić information content (AvgIpc) is 1.97. The molecule has 0 heteroatoms. The molecule has 0 aromatic heterocycles. The van der Waals surface area contributed by atoms with Gasteiger partial charge in [0.25, 0.3) is 0 Å². The smallest absolute Gasteiger partial charge is 0.0198 e. The Morgan fingerprint density at radius 2 is 1.80 bits per heavy atom. The van der Waals surface area contributed by atoms with Crippen LogP contribution in [0.4, 0.5) is 0 Å². The van der Waals surface area contributed by atoms with Crippen molar-refractivity contribution >= 4 is 0 Å². The molecule has 0 saturated carbocycles. The average molecular weight is 134 g/mol. The molecule has 0 amide bonds. The molecule has 0 bridgehead atoms. The Balaban J connectivity index is 3.08. The minimum Gasteiger partial charge on any atom is -0.120 e. The molecule has 54 valence electrons. The molecular formula is C10H14. The normalized spacial score (nSPS) is 7.60. The molecule has 0 spiro atoms. The highest BCUT2D eigenvalue weighted by Gasteiger charge is 1.76. The Hall–Kier alpha value is -0.880. The minimum absolute atomic E-state index is 0.791. The number of hydrogen-bond donors (Lipinski definition) is 0. The van der Waals surface area contributed by atoms with Crippen molar-refractivity contribution < 1.29 is 0 Å². The van der Waals surface area contributed by atoms with Crippen LogP contribution in [0.5, 0.6) is 0 Å². The first-order valence-electron chi connectivity index (χ1n) is 3.81. The van der Waals surface area contributed by atoms with Gasteiger partial charge in [-0.15, -0.1) is 24.2 Å². The molecule has 0 aliphatic rings. The van der Waals surface area contributed by atoms with Crippen LogP contribution in [0.15, 0.2) is 0 Å². The second-order valence-electron chi connectivity index (χ2n) is 2.16. The van der Waals surface area contributed by atoms with E-state index in [1.807, 2.05) is 0 Å². The monoisotopic (exact) mass is 134 g/mol. The Kier molecular flexibility index (Phi) is 7.41. The summed E-state index contributed by atoms with van der Waals surface area (Å²) < 4.78 is 0. The Morgan fingerprint density at radius 3 is 2.40 bits per heavy atom. The van der Waals surface area contributed by atoms with E-state index in [2.05, 4.69) is 24.7 Å². The van der Waals surface area contributed by atoms with Crippen LogP contribution in [0.2, 0.25) is 0 Å². The Morgan fingerprint density at radius 1 is 1.10 bits per heavy atom. The minimum atomic E-state index is 0.791. The molecule has 0 radical (unpaired) electrons. The van der Waals surface area contributed by atoms with Crippen molar-refractivity contribution in [3.63, 3.8) is 0 Å². The lowest BCUT2D eigenvalue weighted by atomic mass is 10.2. The molecule has 0 saturated heterocycles. The first-order chi connectivity index (χ1) is 4.91. The van der Waals surface area contributed by atoms with E-state index in [4.69, 9.17) is 6.42 Å². The fourth-order valence-electron chi connectivity index (χ4n) is 0.577. The molecule has 0 rings (SSSR count). The van der Waals surface area contributed by atoms with E-state index in [0.29, 0.717) is 0 Å². The first-order valence-corrected chi connectivity index (χ1v) is 3.81. The quantitative estimate of drug-likeness (QED) is 0.411. The van der Waals surface area contributed by atoms with E-state index in [1.54, 1.807) is 0 Å². The van der Waals surface area contributed by atoms with E-state index >= 15 is 0 Å². The van der Waals surface area contributed by atoms with Crippen LogP contribution in [-0.4, -0.2) is 0 Å². The van der Waals surface area contributed by atoms with Crippen LogP contribution in [0, 0.1) is 24.2 Å². The maximum atomic E-state index is 5.05. The highest BCUT2D eigenvalue weighted by Crippen LogP contribution is 1.91. The van der Waals surface area contributed by atoms with Crippen LogP contribution in [0.1, 0.15) is 39.0 Å². The van der Waals surface area contributed by atoms with Gasteiger partial charge in [0.1, 0.15) is 0 Å². The summed E-state index contributed by atoms with van der Waals surface area (Å²) in [4.78, 5) is 0. The van der Waals surface area contributed by atoms with Crippen molar-refractivity contribution in [1.82, 2.24) is 0 Å². The molecule has 10 heavy (non-hydrogen) atoms. The number of unbranched alkanes of at least 4 members (excludes halogenated alkanes) is 3. The molecule has 0 nitrogen and oxygen atoms in total. The lowest BCUT2D eigenvalue weighted by Crippen LogP contribution is -1.68. The van der Waals surface area contributed by atoms with Gasteiger partial charge in [-0.25, -0.2) is 0 Å². The van der Waals surface area contributed by atoms with Gasteiger partial charge in [0.15, 0.2) is 0 Å². The maximum absolute atomic E-state index is 5.05. The summed E-state index contributed by atoms with van der Waals surface area (Å²) >= 11 is 0. The predicted molar refractivity (Wildman–Crippen MR) is 45.4 cm³/mol. The van der Waals surface area contributed by atoms with Crippen LogP contribution in [-0.2, 0) is 0 Å². The van der Waals surface area contributed by atoms with Gasteiger partial charge in [-0.1, -0.05) is 13.3 Å². The van der Waals surface area contributed by atoms with Gasteiger partial charge in [0, 0.05) is 19.3 Å². The molecular weight excluding hydrogens is 120 g/mol. The zero-order valence-corrected chi connectivity index (χ0v) is 6.61. The Labute approximate surface area is 64.0 Å². The van der Waals surface area contributed by atoms with Gasteiger partial charge in [-0.05, 0) is 6.42 Å². The summed E-state index contributed by atoms with van der Waals surface area (Å²) in [7, 11) is 0. The molecule has 0 N–H and O–H groups in total. The molecule has 0 aromatic rings. The topological polar surface area (TPSA) is 0 Å². The zero-order valence-electron chi connectivity index (χ0n) is 6.61. The fraction of sp³-hybridized carbons (Fsp3) is 0.600. The lowest BCUT2D eigenvalue weighted by molar-refractivity contribution is 0.827. The highest BCUT2D eigenvalue weighted by molar-refractivity contribution is 5.01. The Bertz CT molecular complexity index is 149. The highest BCUT2D eigenvalue weighted by atomic mass is 13.8. The van der Waals surface area contributed by atoms with Crippen molar-refractivity contribution in [3.05, 3.63) is 0 Å². The van der Waals surface area contributed by atoms with Gasteiger partial charge in [0.2, 0.25) is 0 Å². The van der Waals surface area contributed by atoms with Gasteiger partial charge >= 0.3 is 0 Å². The van der Waals surface area contributed by atoms with Crippen LogP contribution in [0.3, 0.4) is 0 Å². The van der Waals surface area contributed by atoms with Gasteiger partial charge in [-0.2, -0.15) is 0 Å². The number of hydrogen-bond acceptors (Lipinski definition) is 0. The van der Waals surface area contributed by atoms with E-state index in [0.717, 1.165) is 19.3 Å². The molecule has 0 unspecified atom stereocenters. The van der Waals surface area contributed by atoms with Gasteiger partial charge in [0.05, 0.1) is 0 Å². The third-order valence-corrected chi connectivity index (χ3v) is 1.17. The summed E-state index contributed by atoms with van der Waals surface area (Å²) in [5, 5.41) is 0. The lowest BCUT2D eigenvalue weighted by Gasteiger charge is -1.83. The molecule has 0 fully saturated rings. The predicted octanol–water partition coefficient (Wildman–Crippen LogP) is 2.59. The van der Waals surface area contributed by atoms with Crippen molar-refractivity contribution in [2.75, 3.05) is 0 Å². The third-order valence-electron chi connectivity index (χ3n) is 1.17. The molecule has 0 atom stereocenters. The summed E-state index contributed by atoms with van der Waals surface area (Å²) in [6, 6.07) is 0.